The van der Waals surface area contributed by atoms with E-state index in [9.17, 15) is 0 Å². The van der Waals surface area contributed by atoms with Gasteiger partial charge in [-0.05, 0) is 29.7 Å². The van der Waals surface area contributed by atoms with Crippen LogP contribution in [0.15, 0.2) is 23.3 Å². The van der Waals surface area contributed by atoms with Gasteiger partial charge in [-0.25, -0.2) is 0 Å². The van der Waals surface area contributed by atoms with Crippen LogP contribution in [0.4, 0.5) is 5.69 Å². The van der Waals surface area contributed by atoms with Crippen molar-refractivity contribution in [1.29, 1.82) is 0 Å². The van der Waals surface area contributed by atoms with Crippen LogP contribution in [0.25, 0.3) is 0 Å². The number of aryl methyl sites for hydroxylation is 1. The first-order valence-electron chi connectivity index (χ1n) is 4.35. The van der Waals surface area contributed by atoms with Gasteiger partial charge in [-0.2, -0.15) is 5.10 Å². The zero-order chi connectivity index (χ0) is 9.68. The highest BCUT2D eigenvalue weighted by Gasteiger charge is 1.98. The molecule has 0 saturated heterocycles. The smallest absolute Gasteiger partial charge is 0.0541 e. The second-order valence-corrected chi connectivity index (χ2v) is 2.80. The van der Waals surface area contributed by atoms with Crippen LogP contribution < -0.4 is 11.2 Å². The Bertz CT molecular complexity index is 305. The highest BCUT2D eigenvalue weighted by atomic mass is 15.1. The molecule has 0 bridgehead atoms. The Morgan fingerprint density at radius 2 is 2.31 bits per heavy atom. The van der Waals surface area contributed by atoms with Crippen LogP contribution in [0.5, 0.6) is 0 Å². The fourth-order valence-corrected chi connectivity index (χ4v) is 1.27. The minimum absolute atomic E-state index is 0.991. The molecule has 0 saturated carbocycles. The molecule has 0 radical (unpaired) electrons. The van der Waals surface area contributed by atoms with E-state index < -0.39 is 0 Å². The van der Waals surface area contributed by atoms with Gasteiger partial charge in [-0.1, -0.05) is 13.0 Å². The summed E-state index contributed by atoms with van der Waals surface area (Å²) < 4.78 is 0. The summed E-state index contributed by atoms with van der Waals surface area (Å²) >= 11 is 0. The van der Waals surface area contributed by atoms with E-state index in [0.29, 0.717) is 0 Å². The second-order valence-electron chi connectivity index (χ2n) is 2.80. The maximum atomic E-state index is 5.12. The van der Waals surface area contributed by atoms with Crippen LogP contribution in [0, 0.1) is 0 Å². The lowest BCUT2D eigenvalue weighted by Gasteiger charge is -2.05. The molecular weight excluding hydrogens is 162 g/mol. The fraction of sp³-hybridized carbons (Fsp3) is 0.300. The largest absolute Gasteiger partial charge is 0.388 e. The first-order chi connectivity index (χ1) is 6.31. The van der Waals surface area contributed by atoms with Gasteiger partial charge in [0.2, 0.25) is 0 Å². The quantitative estimate of drug-likeness (QED) is 0.418. The lowest BCUT2D eigenvalue weighted by atomic mass is 10.1. The molecular formula is C10H15N3. The molecule has 0 aliphatic heterocycles. The minimum Gasteiger partial charge on any atom is -0.388 e. The van der Waals surface area contributed by atoms with Gasteiger partial charge in [-0.15, -0.1) is 0 Å². The highest BCUT2D eigenvalue weighted by molar-refractivity contribution is 5.83. The Morgan fingerprint density at radius 3 is 2.85 bits per heavy atom. The Kier molecular flexibility index (Phi) is 3.31. The summed E-state index contributed by atoms with van der Waals surface area (Å²) in [5.41, 5.74) is 3.41. The topological polar surface area (TPSA) is 50.4 Å². The van der Waals surface area contributed by atoms with E-state index in [-0.39, 0.29) is 0 Å². The maximum absolute atomic E-state index is 5.12. The Labute approximate surface area is 78.6 Å². The normalized spacial score (nSPS) is 10.6. The van der Waals surface area contributed by atoms with Crippen molar-refractivity contribution in [3.63, 3.8) is 0 Å². The molecule has 3 nitrogen and oxygen atoms in total. The van der Waals surface area contributed by atoms with E-state index in [1.54, 1.807) is 6.21 Å². The van der Waals surface area contributed by atoms with E-state index in [1.807, 2.05) is 19.2 Å². The van der Waals surface area contributed by atoms with Crippen molar-refractivity contribution in [2.24, 2.45) is 10.9 Å². The summed E-state index contributed by atoms with van der Waals surface area (Å²) in [6, 6.07) is 6.17. The van der Waals surface area contributed by atoms with E-state index in [2.05, 4.69) is 23.4 Å². The number of anilines is 1. The number of hydrogen-bond donors (Lipinski definition) is 2. The third-order valence-electron chi connectivity index (χ3n) is 2.03. The van der Waals surface area contributed by atoms with Crippen molar-refractivity contribution >= 4 is 11.9 Å². The van der Waals surface area contributed by atoms with Crippen LogP contribution in [0.1, 0.15) is 18.1 Å². The highest BCUT2D eigenvalue weighted by Crippen LogP contribution is 2.14. The Morgan fingerprint density at radius 1 is 1.54 bits per heavy atom. The average Bonchev–Trinajstić information content (AvgIpc) is 2.18. The van der Waals surface area contributed by atoms with Gasteiger partial charge < -0.3 is 11.2 Å². The van der Waals surface area contributed by atoms with E-state index >= 15 is 0 Å². The molecule has 3 heteroatoms. The fourth-order valence-electron chi connectivity index (χ4n) is 1.27. The zero-order valence-corrected chi connectivity index (χ0v) is 8.04. The summed E-state index contributed by atoms with van der Waals surface area (Å²) in [6.45, 7) is 2.11. The molecule has 70 valence electrons. The SMILES string of the molecule is CCc1ccc(NC)cc1/C=N\N. The molecule has 0 heterocycles. The Balaban J connectivity index is 3.09. The summed E-state index contributed by atoms with van der Waals surface area (Å²) in [7, 11) is 1.89. The van der Waals surface area contributed by atoms with Crippen molar-refractivity contribution in [2.45, 2.75) is 13.3 Å². The third kappa shape index (κ3) is 2.21. The molecule has 13 heavy (non-hydrogen) atoms. The number of benzene rings is 1. The Hall–Kier alpha value is -1.51. The molecule has 1 rings (SSSR count). The first kappa shape index (κ1) is 9.58. The van der Waals surface area contributed by atoms with Gasteiger partial charge in [0.15, 0.2) is 0 Å². The van der Waals surface area contributed by atoms with Gasteiger partial charge in [0.1, 0.15) is 0 Å². The van der Waals surface area contributed by atoms with Crippen molar-refractivity contribution in [2.75, 3.05) is 12.4 Å². The molecule has 0 aliphatic rings. The number of nitrogens with one attached hydrogen (secondary N) is 1. The van der Waals surface area contributed by atoms with Gasteiger partial charge in [0.05, 0.1) is 6.21 Å². The summed E-state index contributed by atoms with van der Waals surface area (Å²) in [6.07, 6.45) is 2.67. The number of hydrogen-bond acceptors (Lipinski definition) is 3. The van der Waals surface area contributed by atoms with Gasteiger partial charge in [-0.3, -0.25) is 0 Å². The second kappa shape index (κ2) is 4.50. The average molecular weight is 177 g/mol. The van der Waals surface area contributed by atoms with Crippen LogP contribution in [0.2, 0.25) is 0 Å². The van der Waals surface area contributed by atoms with Crippen LogP contribution in [-0.2, 0) is 6.42 Å². The van der Waals surface area contributed by atoms with Gasteiger partial charge >= 0.3 is 0 Å². The third-order valence-corrected chi connectivity index (χ3v) is 2.03. The zero-order valence-electron chi connectivity index (χ0n) is 8.04. The van der Waals surface area contributed by atoms with Crippen LogP contribution in [0.3, 0.4) is 0 Å². The first-order valence-corrected chi connectivity index (χ1v) is 4.35. The van der Waals surface area contributed by atoms with E-state index in [4.69, 9.17) is 5.84 Å². The molecule has 3 N–H and O–H groups in total. The number of nitrogens with two attached hydrogens (primary N) is 1. The predicted octanol–water partition coefficient (Wildman–Crippen LogP) is 1.58. The molecule has 1 aromatic carbocycles. The molecule has 1 aromatic rings. The monoisotopic (exact) mass is 177 g/mol. The molecule has 0 spiro atoms. The summed E-state index contributed by atoms with van der Waals surface area (Å²) in [5, 5.41) is 6.61. The van der Waals surface area contributed by atoms with E-state index in [1.165, 1.54) is 5.56 Å². The van der Waals surface area contributed by atoms with Gasteiger partial charge in [0.25, 0.3) is 0 Å². The lowest BCUT2D eigenvalue weighted by Crippen LogP contribution is -1.96. The predicted molar refractivity (Wildman–Crippen MR) is 57.1 cm³/mol. The van der Waals surface area contributed by atoms with Crippen LogP contribution >= 0.6 is 0 Å². The van der Waals surface area contributed by atoms with Crippen molar-refractivity contribution in [3.8, 4) is 0 Å². The number of nitrogens with zero attached hydrogens (tertiary/aromatic N) is 1. The molecule has 0 aromatic heterocycles. The standard InChI is InChI=1S/C10H15N3/c1-3-8-4-5-10(12-2)6-9(8)7-13-11/h4-7,12H,3,11H2,1-2H3/b13-7-. The summed E-state index contributed by atoms with van der Waals surface area (Å²) in [5.74, 6) is 5.12. The lowest BCUT2D eigenvalue weighted by molar-refractivity contribution is 1.13. The van der Waals surface area contributed by atoms with Crippen molar-refractivity contribution < 1.29 is 0 Å². The molecule has 0 unspecified atom stereocenters. The number of rotatable bonds is 3. The van der Waals surface area contributed by atoms with Crippen LogP contribution in [-0.4, -0.2) is 13.3 Å². The minimum atomic E-state index is 0.991. The molecule has 0 atom stereocenters. The van der Waals surface area contributed by atoms with E-state index in [0.717, 1.165) is 17.7 Å². The van der Waals surface area contributed by atoms with Crippen molar-refractivity contribution in [1.82, 2.24) is 0 Å². The molecule has 0 aliphatic carbocycles. The van der Waals surface area contributed by atoms with Crippen molar-refractivity contribution in [3.05, 3.63) is 29.3 Å². The van der Waals surface area contributed by atoms with Gasteiger partial charge in [0, 0.05) is 12.7 Å². The summed E-state index contributed by atoms with van der Waals surface area (Å²) in [4.78, 5) is 0. The molecule has 0 fully saturated rings. The number of hydrazone groups is 1. The maximum Gasteiger partial charge on any atom is 0.0541 e. The molecule has 0 amide bonds.